The molecule has 0 aliphatic carbocycles. The Morgan fingerprint density at radius 3 is 1.95 bits per heavy atom. The molecular formula is C39H30N2OSi. The monoisotopic (exact) mass is 570 g/mol. The van der Waals surface area contributed by atoms with Crippen LogP contribution in [-0.4, -0.2) is 13.1 Å². The van der Waals surface area contributed by atoms with Gasteiger partial charge < -0.3 is 9.32 Å². The molecule has 0 saturated carbocycles. The number of nitrogens with zero attached hydrogens (tertiary/aromatic N) is 2. The second-order valence-electron chi connectivity index (χ2n) is 11.7. The Labute approximate surface area is 252 Å². The molecule has 3 nitrogen and oxygen atoms in total. The number of rotatable bonds is 5. The minimum atomic E-state index is -2.01. The molecule has 0 amide bonds. The smallest absolute Gasteiger partial charge is 0.227 e. The van der Waals surface area contributed by atoms with E-state index >= 15 is 0 Å². The van der Waals surface area contributed by atoms with Crippen molar-refractivity contribution in [2.75, 3.05) is 4.90 Å². The first-order valence-corrected chi connectivity index (χ1v) is 17.7. The van der Waals surface area contributed by atoms with Gasteiger partial charge >= 0.3 is 0 Å². The third-order valence-electron chi connectivity index (χ3n) is 8.71. The molecule has 206 valence electrons. The fourth-order valence-electron chi connectivity index (χ4n) is 6.54. The van der Waals surface area contributed by atoms with Crippen molar-refractivity contribution in [1.29, 1.82) is 0 Å². The summed E-state index contributed by atoms with van der Waals surface area (Å²) in [6.07, 6.45) is 0. The zero-order valence-electron chi connectivity index (χ0n) is 24.2. The van der Waals surface area contributed by atoms with E-state index in [2.05, 4.69) is 139 Å². The topological polar surface area (TPSA) is 29.3 Å². The third-order valence-corrected chi connectivity index (χ3v) is 12.2. The van der Waals surface area contributed by atoms with Gasteiger partial charge in [-0.3, -0.25) is 0 Å². The molecular weight excluding hydrogens is 541 g/mol. The number of fused-ring (bicyclic) bond motifs is 4. The fraction of sp³-hybridized carbons (Fsp3) is 0.0513. The molecule has 43 heavy (non-hydrogen) atoms. The van der Waals surface area contributed by atoms with Gasteiger partial charge in [0.25, 0.3) is 0 Å². The van der Waals surface area contributed by atoms with Crippen molar-refractivity contribution >= 4 is 46.6 Å². The zero-order valence-corrected chi connectivity index (χ0v) is 25.2. The molecule has 0 bridgehead atoms. The summed E-state index contributed by atoms with van der Waals surface area (Å²) in [5.74, 6) is 0.684. The Balaban J connectivity index is 1.26. The summed E-state index contributed by atoms with van der Waals surface area (Å²) < 4.78 is 6.28. The molecule has 0 fully saturated rings. The van der Waals surface area contributed by atoms with Gasteiger partial charge in [-0.2, -0.15) is 0 Å². The Bertz CT molecular complexity index is 2060. The van der Waals surface area contributed by atoms with E-state index in [9.17, 15) is 0 Å². The molecule has 0 saturated heterocycles. The Morgan fingerprint density at radius 2 is 1.19 bits per heavy atom. The Morgan fingerprint density at radius 1 is 0.535 bits per heavy atom. The van der Waals surface area contributed by atoms with Crippen LogP contribution in [-0.2, 0) is 0 Å². The van der Waals surface area contributed by atoms with Crippen LogP contribution in [0.5, 0.6) is 0 Å². The van der Waals surface area contributed by atoms with E-state index in [0.717, 1.165) is 33.7 Å². The highest BCUT2D eigenvalue weighted by Gasteiger charge is 2.39. The summed E-state index contributed by atoms with van der Waals surface area (Å²) in [6.45, 7) is 4.91. The molecule has 1 aliphatic rings. The van der Waals surface area contributed by atoms with Crippen LogP contribution in [0.2, 0.25) is 13.1 Å². The van der Waals surface area contributed by atoms with Crippen LogP contribution in [0.1, 0.15) is 0 Å². The van der Waals surface area contributed by atoms with Gasteiger partial charge in [-0.25, -0.2) is 4.98 Å². The van der Waals surface area contributed by atoms with Crippen molar-refractivity contribution in [3.63, 3.8) is 0 Å². The van der Waals surface area contributed by atoms with E-state index in [1.54, 1.807) is 0 Å². The molecule has 0 N–H and O–H groups in total. The van der Waals surface area contributed by atoms with Crippen molar-refractivity contribution in [2.24, 2.45) is 0 Å². The normalized spacial score (nSPS) is 13.1. The molecule has 0 radical (unpaired) electrons. The van der Waals surface area contributed by atoms with Gasteiger partial charge in [0.05, 0.1) is 0 Å². The zero-order chi connectivity index (χ0) is 29.0. The number of anilines is 3. The van der Waals surface area contributed by atoms with Gasteiger partial charge in [0.15, 0.2) is 5.58 Å². The average molecular weight is 571 g/mol. The average Bonchev–Trinajstić information content (AvgIpc) is 3.59. The van der Waals surface area contributed by atoms with Crippen LogP contribution in [0.25, 0.3) is 44.8 Å². The van der Waals surface area contributed by atoms with E-state index in [1.165, 1.54) is 32.6 Å². The molecule has 1 aromatic heterocycles. The van der Waals surface area contributed by atoms with Crippen LogP contribution < -0.4 is 15.3 Å². The molecule has 0 unspecified atom stereocenters. The maximum absolute atomic E-state index is 6.28. The lowest BCUT2D eigenvalue weighted by Gasteiger charge is -2.27. The fourth-order valence-corrected chi connectivity index (χ4v) is 9.63. The van der Waals surface area contributed by atoms with Crippen LogP contribution >= 0.6 is 0 Å². The molecule has 2 heterocycles. The largest absolute Gasteiger partial charge is 0.436 e. The highest BCUT2D eigenvalue weighted by molar-refractivity contribution is 7.04. The molecule has 8 rings (SSSR count). The minimum Gasteiger partial charge on any atom is -0.436 e. The predicted molar refractivity (Wildman–Crippen MR) is 182 cm³/mol. The van der Waals surface area contributed by atoms with Crippen LogP contribution in [0.4, 0.5) is 17.1 Å². The quantitative estimate of drug-likeness (QED) is 0.193. The second kappa shape index (κ2) is 9.97. The van der Waals surface area contributed by atoms with Crippen molar-refractivity contribution < 1.29 is 4.42 Å². The minimum absolute atomic E-state index is 0.684. The van der Waals surface area contributed by atoms with E-state index in [1.807, 2.05) is 24.3 Å². The summed E-state index contributed by atoms with van der Waals surface area (Å²) in [5, 5.41) is 2.86. The number of hydrogen-bond donors (Lipinski definition) is 0. The summed E-state index contributed by atoms with van der Waals surface area (Å²) in [4.78, 5) is 7.24. The number of oxazole rings is 1. The van der Waals surface area contributed by atoms with E-state index in [4.69, 9.17) is 9.40 Å². The van der Waals surface area contributed by atoms with E-state index in [-0.39, 0.29) is 0 Å². The van der Waals surface area contributed by atoms with Gasteiger partial charge in [0.2, 0.25) is 5.89 Å². The lowest BCUT2D eigenvalue weighted by Crippen LogP contribution is -2.49. The van der Waals surface area contributed by atoms with Gasteiger partial charge in [0.1, 0.15) is 13.6 Å². The number of benzene rings is 6. The summed E-state index contributed by atoms with van der Waals surface area (Å²) in [7, 11) is -2.01. The number of para-hydroxylation sites is 3. The molecule has 0 atom stereocenters. The second-order valence-corrected chi connectivity index (χ2v) is 16.0. The lowest BCUT2D eigenvalue weighted by molar-refractivity contribution is 0.620. The van der Waals surface area contributed by atoms with Crippen LogP contribution in [0.3, 0.4) is 0 Å². The van der Waals surface area contributed by atoms with Crippen molar-refractivity contribution in [3.8, 4) is 33.7 Å². The first-order valence-electron chi connectivity index (χ1n) is 14.7. The molecule has 1 aliphatic heterocycles. The predicted octanol–water partition coefficient (Wildman–Crippen LogP) is 9.43. The molecule has 7 aromatic rings. The van der Waals surface area contributed by atoms with E-state index < -0.39 is 8.07 Å². The highest BCUT2D eigenvalue weighted by atomic mass is 28.3. The maximum Gasteiger partial charge on any atom is 0.227 e. The van der Waals surface area contributed by atoms with Gasteiger partial charge in [0, 0.05) is 22.6 Å². The molecule has 0 spiro atoms. The van der Waals surface area contributed by atoms with Crippen molar-refractivity contribution in [2.45, 2.75) is 13.1 Å². The number of hydrogen-bond acceptors (Lipinski definition) is 3. The Kier molecular flexibility index (Phi) is 5.91. The first kappa shape index (κ1) is 25.5. The Hall–Kier alpha value is -5.19. The molecule has 4 heteroatoms. The third kappa shape index (κ3) is 4.22. The summed E-state index contributed by atoms with van der Waals surface area (Å²) in [5.41, 5.74) is 11.2. The lowest BCUT2D eigenvalue weighted by atomic mass is 9.99. The number of aromatic nitrogens is 1. The van der Waals surface area contributed by atoms with Gasteiger partial charge in [-0.1, -0.05) is 104 Å². The van der Waals surface area contributed by atoms with E-state index in [0.29, 0.717) is 5.89 Å². The SMILES string of the molecule is C[Si]1(C)c2cc(N(c3ccccc3)c3ccc(-c4ccccc4)cc3)ccc2-c2c(-c3nc4ccccc4o3)cccc21. The highest BCUT2D eigenvalue weighted by Crippen LogP contribution is 2.41. The first-order chi connectivity index (χ1) is 21.1. The summed E-state index contributed by atoms with van der Waals surface area (Å²) in [6, 6.07) is 51.7. The molecule has 6 aromatic carbocycles. The maximum atomic E-state index is 6.28. The standard InChI is InChI=1S/C39H30N2OSi/c1-43(2)36-19-11-16-33(39-40-34-17-9-10-18-35(34)42-39)38(36)32-25-24-31(26-37(32)43)41(29-14-7-4-8-15-29)30-22-20-28(21-23-30)27-12-5-3-6-13-27/h3-26H,1-2H3. The van der Waals surface area contributed by atoms with Crippen LogP contribution in [0.15, 0.2) is 150 Å². The van der Waals surface area contributed by atoms with Crippen molar-refractivity contribution in [3.05, 3.63) is 146 Å². The van der Waals surface area contributed by atoms with Gasteiger partial charge in [-0.05, 0) is 87.2 Å². The van der Waals surface area contributed by atoms with Gasteiger partial charge in [-0.15, -0.1) is 0 Å². The van der Waals surface area contributed by atoms with Crippen molar-refractivity contribution in [1.82, 2.24) is 4.98 Å². The van der Waals surface area contributed by atoms with Crippen LogP contribution in [0, 0.1) is 0 Å². The summed E-state index contributed by atoms with van der Waals surface area (Å²) >= 11 is 0.